The molecule has 0 aliphatic rings. The van der Waals surface area contributed by atoms with Gasteiger partial charge in [-0.15, -0.1) is 0 Å². The summed E-state index contributed by atoms with van der Waals surface area (Å²) >= 11 is 0. The van der Waals surface area contributed by atoms with Gasteiger partial charge in [-0.3, -0.25) is 4.79 Å². The van der Waals surface area contributed by atoms with E-state index >= 15 is 0 Å². The number of H-pyrrole nitrogens is 1. The molecule has 0 aliphatic carbocycles. The van der Waals surface area contributed by atoms with Gasteiger partial charge in [0.2, 0.25) is 0 Å². The molecule has 34 heavy (non-hydrogen) atoms. The highest BCUT2D eigenvalue weighted by Gasteiger charge is 2.17. The number of aromatic amines is 1. The van der Waals surface area contributed by atoms with E-state index < -0.39 is 5.97 Å². The lowest BCUT2D eigenvalue weighted by Crippen LogP contribution is -2.01. The molecular weight excluding hydrogens is 426 g/mol. The average molecular weight is 450 g/mol. The summed E-state index contributed by atoms with van der Waals surface area (Å²) in [7, 11) is 0. The van der Waals surface area contributed by atoms with Crippen LogP contribution in [0.2, 0.25) is 0 Å². The molecule has 0 saturated heterocycles. The van der Waals surface area contributed by atoms with Crippen LogP contribution in [0.3, 0.4) is 0 Å². The normalized spacial score (nSPS) is 10.8. The Labute approximate surface area is 197 Å². The molecule has 0 spiro atoms. The van der Waals surface area contributed by atoms with Crippen molar-refractivity contribution in [2.45, 2.75) is 13.0 Å². The Morgan fingerprint density at radius 3 is 2.26 bits per heavy atom. The molecule has 0 amide bonds. The highest BCUT2D eigenvalue weighted by molar-refractivity contribution is 5.94. The fourth-order valence-corrected chi connectivity index (χ4v) is 3.98. The maximum atomic E-state index is 11.7. The Morgan fingerprint density at radius 1 is 0.765 bits per heavy atom. The largest absolute Gasteiger partial charge is 0.489 e. The summed E-state index contributed by atoms with van der Waals surface area (Å²) in [6.45, 7) is 0.458. The lowest BCUT2D eigenvalue weighted by Gasteiger charge is -2.09. The van der Waals surface area contributed by atoms with Crippen molar-refractivity contribution in [3.8, 4) is 28.5 Å². The predicted molar refractivity (Wildman–Crippen MR) is 132 cm³/mol. The number of benzene rings is 4. The van der Waals surface area contributed by atoms with Crippen LogP contribution in [-0.2, 0) is 17.8 Å². The van der Waals surface area contributed by atoms with Crippen molar-refractivity contribution in [2.24, 2.45) is 0 Å². The van der Waals surface area contributed by atoms with Crippen LogP contribution in [0, 0.1) is 0 Å². The van der Waals surface area contributed by atoms with E-state index in [4.69, 9.17) is 9.47 Å². The molecule has 0 saturated carbocycles. The minimum Gasteiger partial charge on any atom is -0.489 e. The predicted octanol–water partition coefficient (Wildman–Crippen LogP) is 6.83. The molecule has 5 nitrogen and oxygen atoms in total. The number of carbonyl (C=O) groups is 1. The van der Waals surface area contributed by atoms with Gasteiger partial charge >= 0.3 is 5.97 Å². The van der Waals surface area contributed by atoms with Crippen molar-refractivity contribution in [1.29, 1.82) is 0 Å². The number of ether oxygens (including phenoxy) is 2. The third kappa shape index (κ3) is 4.79. The van der Waals surface area contributed by atoms with Crippen LogP contribution in [-0.4, -0.2) is 16.1 Å². The summed E-state index contributed by atoms with van der Waals surface area (Å²) in [5.41, 5.74) is 4.27. The van der Waals surface area contributed by atoms with Gasteiger partial charge in [-0.05, 0) is 53.6 Å². The summed E-state index contributed by atoms with van der Waals surface area (Å²) in [5.74, 6) is 1.19. The van der Waals surface area contributed by atoms with Crippen LogP contribution in [0.15, 0.2) is 103 Å². The second-order valence-corrected chi connectivity index (χ2v) is 7.97. The zero-order chi connectivity index (χ0) is 23.3. The van der Waals surface area contributed by atoms with Crippen LogP contribution in [0.25, 0.3) is 22.2 Å². The van der Waals surface area contributed by atoms with Crippen molar-refractivity contribution >= 4 is 16.9 Å². The molecule has 0 unspecified atom stereocenters. The topological polar surface area (TPSA) is 71.5 Å². The summed E-state index contributed by atoms with van der Waals surface area (Å²) < 4.78 is 12.0. The molecule has 0 fully saturated rings. The lowest BCUT2D eigenvalue weighted by molar-refractivity contribution is -0.136. The van der Waals surface area contributed by atoms with Gasteiger partial charge in [0.05, 0.1) is 12.1 Å². The minimum absolute atomic E-state index is 0.112. The van der Waals surface area contributed by atoms with Gasteiger partial charge in [-0.25, -0.2) is 0 Å². The van der Waals surface area contributed by atoms with Crippen molar-refractivity contribution in [3.05, 3.63) is 114 Å². The van der Waals surface area contributed by atoms with Gasteiger partial charge < -0.3 is 19.6 Å². The second-order valence-electron chi connectivity index (χ2n) is 7.97. The summed E-state index contributed by atoms with van der Waals surface area (Å²) in [6.07, 6.45) is -0.112. The van der Waals surface area contributed by atoms with E-state index in [1.54, 1.807) is 0 Å². The molecule has 1 aromatic heterocycles. The Balaban J connectivity index is 1.49. The van der Waals surface area contributed by atoms with Gasteiger partial charge in [-0.1, -0.05) is 60.7 Å². The number of para-hydroxylation sites is 1. The first-order chi connectivity index (χ1) is 16.7. The monoisotopic (exact) mass is 449 g/mol. The number of carboxylic acid groups (broad SMARTS) is 1. The SMILES string of the molecule is O=C(O)Cc1c(-c2cccc(OCc3ccccc3)c2)[nH]c2ccc(Oc3ccccc3)cc12. The lowest BCUT2D eigenvalue weighted by atomic mass is 10.0. The van der Waals surface area contributed by atoms with Crippen LogP contribution in [0.4, 0.5) is 0 Å². The third-order valence-electron chi connectivity index (χ3n) is 5.56. The third-order valence-corrected chi connectivity index (χ3v) is 5.56. The quantitative estimate of drug-likeness (QED) is 0.272. The van der Waals surface area contributed by atoms with E-state index in [1.807, 2.05) is 103 Å². The van der Waals surface area contributed by atoms with Crippen molar-refractivity contribution in [2.75, 3.05) is 0 Å². The molecule has 0 bridgehead atoms. The number of aliphatic carboxylic acids is 1. The number of rotatable bonds is 8. The maximum absolute atomic E-state index is 11.7. The summed E-state index contributed by atoms with van der Waals surface area (Å²) in [6, 6.07) is 32.8. The van der Waals surface area contributed by atoms with Gasteiger partial charge in [0.25, 0.3) is 0 Å². The molecule has 5 aromatic rings. The molecule has 0 atom stereocenters. The number of hydrogen-bond acceptors (Lipinski definition) is 3. The maximum Gasteiger partial charge on any atom is 0.307 e. The zero-order valence-corrected chi connectivity index (χ0v) is 18.4. The van der Waals surface area contributed by atoms with E-state index in [2.05, 4.69) is 4.98 Å². The summed E-state index contributed by atoms with van der Waals surface area (Å²) in [5, 5.41) is 10.4. The molecule has 4 aromatic carbocycles. The highest BCUT2D eigenvalue weighted by atomic mass is 16.5. The Kier molecular flexibility index (Phi) is 5.99. The van der Waals surface area contributed by atoms with E-state index in [1.165, 1.54) is 0 Å². The Morgan fingerprint density at radius 2 is 1.50 bits per heavy atom. The Hall–Kier alpha value is -4.51. The van der Waals surface area contributed by atoms with E-state index in [9.17, 15) is 9.90 Å². The fraction of sp³-hybridized carbons (Fsp3) is 0.0690. The summed E-state index contributed by atoms with van der Waals surface area (Å²) in [4.78, 5) is 15.1. The number of nitrogens with one attached hydrogen (secondary N) is 1. The Bertz CT molecular complexity index is 1430. The van der Waals surface area contributed by atoms with Crippen molar-refractivity contribution in [1.82, 2.24) is 4.98 Å². The number of hydrogen-bond donors (Lipinski definition) is 2. The number of carboxylic acids is 1. The number of fused-ring (bicyclic) bond motifs is 1. The van der Waals surface area contributed by atoms with Gasteiger partial charge in [-0.2, -0.15) is 0 Å². The molecule has 1 heterocycles. The first-order valence-corrected chi connectivity index (χ1v) is 11.0. The van der Waals surface area contributed by atoms with Crippen molar-refractivity contribution < 1.29 is 19.4 Å². The van der Waals surface area contributed by atoms with E-state index in [0.717, 1.165) is 39.2 Å². The van der Waals surface area contributed by atoms with E-state index in [-0.39, 0.29) is 6.42 Å². The average Bonchev–Trinajstić information content (AvgIpc) is 3.21. The van der Waals surface area contributed by atoms with Gasteiger partial charge in [0.15, 0.2) is 0 Å². The van der Waals surface area contributed by atoms with Crippen LogP contribution >= 0.6 is 0 Å². The minimum atomic E-state index is -0.895. The van der Waals surface area contributed by atoms with Crippen LogP contribution < -0.4 is 9.47 Å². The molecule has 0 radical (unpaired) electrons. The molecule has 5 heteroatoms. The van der Waals surface area contributed by atoms with Crippen LogP contribution in [0.1, 0.15) is 11.1 Å². The first kappa shape index (κ1) is 21.3. The second kappa shape index (κ2) is 9.55. The molecule has 0 aliphatic heterocycles. The van der Waals surface area contributed by atoms with E-state index in [0.29, 0.717) is 17.9 Å². The number of aromatic nitrogens is 1. The first-order valence-electron chi connectivity index (χ1n) is 11.0. The van der Waals surface area contributed by atoms with Gasteiger partial charge in [0, 0.05) is 16.5 Å². The molecule has 168 valence electrons. The molecule has 5 rings (SSSR count). The van der Waals surface area contributed by atoms with Crippen LogP contribution in [0.5, 0.6) is 17.2 Å². The standard InChI is InChI=1S/C29H23NO4/c31-28(32)18-26-25-17-24(34-22-11-5-2-6-12-22)14-15-27(25)30-29(26)21-10-7-13-23(16-21)33-19-20-8-3-1-4-9-20/h1-17,30H,18-19H2,(H,31,32). The zero-order valence-electron chi connectivity index (χ0n) is 18.4. The van der Waals surface area contributed by atoms with Crippen molar-refractivity contribution in [3.63, 3.8) is 0 Å². The smallest absolute Gasteiger partial charge is 0.307 e. The van der Waals surface area contributed by atoms with Gasteiger partial charge in [0.1, 0.15) is 23.9 Å². The molecule has 2 N–H and O–H groups in total. The fourth-order valence-electron chi connectivity index (χ4n) is 3.98. The highest BCUT2D eigenvalue weighted by Crippen LogP contribution is 2.35. The molecular formula is C29H23NO4.